The Balaban J connectivity index is 2.04. The van der Waals surface area contributed by atoms with Gasteiger partial charge in [0.05, 0.1) is 17.7 Å². The van der Waals surface area contributed by atoms with Gasteiger partial charge in [-0.1, -0.05) is 61.0 Å². The van der Waals surface area contributed by atoms with Crippen molar-refractivity contribution in [2.24, 2.45) is 0 Å². The van der Waals surface area contributed by atoms with Gasteiger partial charge in [0.15, 0.2) is 0 Å². The predicted octanol–water partition coefficient (Wildman–Crippen LogP) is 4.49. The molecular weight excluding hydrogens is 526 g/mol. The third kappa shape index (κ3) is 7.05. The summed E-state index contributed by atoms with van der Waals surface area (Å²) >= 11 is 6.16. The fourth-order valence-corrected chi connectivity index (χ4v) is 5.54. The van der Waals surface area contributed by atoms with E-state index < -0.39 is 28.5 Å². The average Bonchev–Trinajstić information content (AvgIpc) is 2.93. The number of nitrogens with zero attached hydrogens (tertiary/aromatic N) is 2. The number of sulfonamides is 1. The number of anilines is 1. The lowest BCUT2D eigenvalue weighted by Crippen LogP contribution is -2.51. The number of amides is 2. The molecule has 0 aliphatic heterocycles. The Hall–Kier alpha value is -3.56. The second kappa shape index (κ2) is 13.3. The fraction of sp³-hybridized carbons (Fsp3) is 0.286. The van der Waals surface area contributed by atoms with E-state index in [9.17, 15) is 18.0 Å². The molecule has 38 heavy (non-hydrogen) atoms. The second-order valence-corrected chi connectivity index (χ2v) is 10.9. The minimum atomic E-state index is -4.17. The highest BCUT2D eigenvalue weighted by Gasteiger charge is 2.33. The SMILES string of the molecule is CCCNC(=O)C(C)N(Cc1cccc(Cl)c1)C(=O)CN(c1ccccc1OC)S(=O)(=O)c1ccccc1. The van der Waals surface area contributed by atoms with Crippen LogP contribution in [0.25, 0.3) is 0 Å². The van der Waals surface area contributed by atoms with Crippen molar-refractivity contribution >= 4 is 39.1 Å². The Kier molecular flexibility index (Phi) is 10.2. The second-order valence-electron chi connectivity index (χ2n) is 8.62. The molecule has 0 saturated heterocycles. The number of carbonyl (C=O) groups excluding carboxylic acids is 2. The molecule has 1 N–H and O–H groups in total. The van der Waals surface area contributed by atoms with Crippen LogP contribution in [0.5, 0.6) is 5.75 Å². The Bertz CT molecular complexity index is 1350. The van der Waals surface area contributed by atoms with Gasteiger partial charge in [-0.3, -0.25) is 13.9 Å². The van der Waals surface area contributed by atoms with Gasteiger partial charge in [0.2, 0.25) is 11.8 Å². The number of methoxy groups -OCH3 is 1. The summed E-state index contributed by atoms with van der Waals surface area (Å²) in [4.78, 5) is 28.2. The first-order valence-electron chi connectivity index (χ1n) is 12.2. The van der Waals surface area contributed by atoms with Gasteiger partial charge in [-0.2, -0.15) is 0 Å². The van der Waals surface area contributed by atoms with Crippen molar-refractivity contribution in [3.63, 3.8) is 0 Å². The molecule has 10 heteroatoms. The van der Waals surface area contributed by atoms with E-state index in [1.807, 2.05) is 6.92 Å². The third-order valence-corrected chi connectivity index (χ3v) is 7.93. The van der Waals surface area contributed by atoms with E-state index in [2.05, 4.69) is 5.32 Å². The van der Waals surface area contributed by atoms with Crippen LogP contribution in [-0.4, -0.2) is 51.4 Å². The number of ether oxygens (including phenoxy) is 1. The van der Waals surface area contributed by atoms with E-state index in [-0.39, 0.29) is 28.8 Å². The van der Waals surface area contributed by atoms with Crippen molar-refractivity contribution in [2.45, 2.75) is 37.8 Å². The lowest BCUT2D eigenvalue weighted by molar-refractivity contribution is -0.139. The maximum Gasteiger partial charge on any atom is 0.264 e. The summed E-state index contributed by atoms with van der Waals surface area (Å²) < 4.78 is 34.1. The standard InChI is InChI=1S/C28H32ClN3O5S/c1-4-17-30-28(34)21(2)31(19-22-11-10-12-23(29)18-22)27(33)20-32(25-15-8-9-16-26(25)37-3)38(35,36)24-13-6-5-7-14-24/h5-16,18,21H,4,17,19-20H2,1-3H3,(H,30,34). The first-order chi connectivity index (χ1) is 18.2. The zero-order chi connectivity index (χ0) is 27.7. The monoisotopic (exact) mass is 557 g/mol. The van der Waals surface area contributed by atoms with Crippen LogP contribution in [0.2, 0.25) is 5.02 Å². The fourth-order valence-electron chi connectivity index (χ4n) is 3.88. The number of hydrogen-bond donors (Lipinski definition) is 1. The minimum absolute atomic E-state index is 0.0221. The van der Waals surface area contributed by atoms with Crippen molar-refractivity contribution in [1.82, 2.24) is 10.2 Å². The molecule has 3 aromatic carbocycles. The quantitative estimate of drug-likeness (QED) is 0.354. The van der Waals surface area contributed by atoms with E-state index in [0.29, 0.717) is 17.1 Å². The van der Waals surface area contributed by atoms with Crippen molar-refractivity contribution in [3.8, 4) is 5.75 Å². The van der Waals surface area contributed by atoms with Gasteiger partial charge in [0.25, 0.3) is 10.0 Å². The zero-order valence-electron chi connectivity index (χ0n) is 21.6. The molecule has 1 atom stereocenters. The normalized spacial score (nSPS) is 11.9. The summed E-state index contributed by atoms with van der Waals surface area (Å²) in [5, 5.41) is 3.30. The zero-order valence-corrected chi connectivity index (χ0v) is 23.2. The lowest BCUT2D eigenvalue weighted by atomic mass is 10.1. The summed E-state index contributed by atoms with van der Waals surface area (Å²) in [6.45, 7) is 3.51. The van der Waals surface area contributed by atoms with E-state index in [1.165, 1.54) is 24.1 Å². The molecule has 0 aliphatic carbocycles. The molecule has 0 saturated carbocycles. The van der Waals surface area contributed by atoms with E-state index in [4.69, 9.17) is 16.3 Å². The van der Waals surface area contributed by atoms with Gasteiger partial charge in [0, 0.05) is 18.1 Å². The molecule has 0 spiro atoms. The first kappa shape index (κ1) is 29.0. The highest BCUT2D eigenvalue weighted by atomic mass is 35.5. The molecule has 0 bridgehead atoms. The Labute approximate surface area is 229 Å². The lowest BCUT2D eigenvalue weighted by Gasteiger charge is -2.32. The Morgan fingerprint density at radius 1 is 1.00 bits per heavy atom. The summed E-state index contributed by atoms with van der Waals surface area (Å²) in [7, 11) is -2.74. The third-order valence-electron chi connectivity index (χ3n) is 5.92. The van der Waals surface area contributed by atoms with Gasteiger partial charge >= 0.3 is 0 Å². The maximum atomic E-state index is 13.9. The van der Waals surface area contributed by atoms with Crippen LogP contribution in [0.3, 0.4) is 0 Å². The molecule has 202 valence electrons. The van der Waals surface area contributed by atoms with Gasteiger partial charge in [-0.15, -0.1) is 0 Å². The molecule has 3 aromatic rings. The van der Waals surface area contributed by atoms with Crippen molar-refractivity contribution < 1.29 is 22.7 Å². The topological polar surface area (TPSA) is 96.0 Å². The summed E-state index contributed by atoms with van der Waals surface area (Å²) in [6.07, 6.45) is 0.734. The van der Waals surface area contributed by atoms with Gasteiger partial charge in [-0.05, 0) is 55.3 Å². The molecule has 8 nitrogen and oxygen atoms in total. The Morgan fingerprint density at radius 2 is 1.68 bits per heavy atom. The largest absolute Gasteiger partial charge is 0.495 e. The minimum Gasteiger partial charge on any atom is -0.495 e. The predicted molar refractivity (Wildman–Crippen MR) is 149 cm³/mol. The molecule has 0 fully saturated rings. The van der Waals surface area contributed by atoms with Gasteiger partial charge in [0.1, 0.15) is 18.3 Å². The van der Waals surface area contributed by atoms with Crippen LogP contribution in [0.1, 0.15) is 25.8 Å². The van der Waals surface area contributed by atoms with Crippen LogP contribution < -0.4 is 14.4 Å². The summed E-state index contributed by atoms with van der Waals surface area (Å²) in [5.41, 5.74) is 0.911. The number of nitrogens with one attached hydrogen (secondary N) is 1. The number of rotatable bonds is 12. The smallest absolute Gasteiger partial charge is 0.264 e. The molecule has 0 radical (unpaired) electrons. The van der Waals surface area contributed by atoms with Crippen LogP contribution in [-0.2, 0) is 26.2 Å². The van der Waals surface area contributed by atoms with E-state index in [1.54, 1.807) is 73.7 Å². The van der Waals surface area contributed by atoms with Crippen molar-refractivity contribution in [2.75, 3.05) is 24.5 Å². The molecule has 2 amide bonds. The molecule has 0 aliphatic rings. The number of benzene rings is 3. The number of hydrogen-bond acceptors (Lipinski definition) is 5. The average molecular weight is 558 g/mol. The molecule has 3 rings (SSSR count). The Morgan fingerprint density at radius 3 is 2.34 bits per heavy atom. The highest BCUT2D eigenvalue weighted by molar-refractivity contribution is 7.92. The van der Waals surface area contributed by atoms with E-state index in [0.717, 1.165) is 10.7 Å². The molecule has 0 aromatic heterocycles. The molecule has 0 heterocycles. The van der Waals surface area contributed by atoms with Crippen LogP contribution in [0, 0.1) is 0 Å². The van der Waals surface area contributed by atoms with Crippen LogP contribution in [0.15, 0.2) is 83.8 Å². The number of halogens is 1. The highest BCUT2D eigenvalue weighted by Crippen LogP contribution is 2.32. The van der Waals surface area contributed by atoms with Crippen molar-refractivity contribution in [3.05, 3.63) is 89.4 Å². The van der Waals surface area contributed by atoms with Gasteiger partial charge < -0.3 is 15.0 Å². The molecule has 1 unspecified atom stereocenters. The van der Waals surface area contributed by atoms with E-state index >= 15 is 0 Å². The number of para-hydroxylation sites is 2. The maximum absolute atomic E-state index is 13.9. The first-order valence-corrected chi connectivity index (χ1v) is 14.0. The summed E-state index contributed by atoms with van der Waals surface area (Å²) in [6, 6.07) is 20.5. The molecular formula is C28H32ClN3O5S. The van der Waals surface area contributed by atoms with Crippen LogP contribution in [0.4, 0.5) is 5.69 Å². The van der Waals surface area contributed by atoms with Crippen LogP contribution >= 0.6 is 11.6 Å². The number of carbonyl (C=O) groups is 2. The van der Waals surface area contributed by atoms with Crippen molar-refractivity contribution in [1.29, 1.82) is 0 Å². The summed E-state index contributed by atoms with van der Waals surface area (Å²) in [5.74, 6) is -0.610. The van der Waals surface area contributed by atoms with Gasteiger partial charge in [-0.25, -0.2) is 8.42 Å².